The molecule has 3 rings (SSSR count). The number of carbonyl (C=O) groups is 1. The number of aliphatic hydroxyl groups excluding tert-OH is 1. The van der Waals surface area contributed by atoms with E-state index in [1.807, 2.05) is 58.3 Å². The zero-order valence-electron chi connectivity index (χ0n) is 13.1. The maximum absolute atomic E-state index is 12.3. The minimum atomic E-state index is -0.0673. The molecule has 1 aromatic carbocycles. The second-order valence-electron chi connectivity index (χ2n) is 5.62. The Labute approximate surface area is 135 Å². The zero-order chi connectivity index (χ0) is 16.1. The molecule has 6 heteroatoms. The molecular weight excluding hydrogens is 292 g/mol. The Kier molecular flexibility index (Phi) is 4.95. The molecule has 6 nitrogen and oxygen atoms in total. The molecule has 0 aliphatic carbocycles. The van der Waals surface area contributed by atoms with Gasteiger partial charge in [0.1, 0.15) is 0 Å². The predicted molar refractivity (Wildman–Crippen MR) is 89.9 cm³/mol. The van der Waals surface area contributed by atoms with Crippen LogP contribution in [0.3, 0.4) is 0 Å². The Hall–Kier alpha value is -2.31. The van der Waals surface area contributed by atoms with E-state index in [-0.39, 0.29) is 12.6 Å². The van der Waals surface area contributed by atoms with Crippen LogP contribution in [0.4, 0.5) is 10.5 Å². The second kappa shape index (κ2) is 7.30. The smallest absolute Gasteiger partial charge is 0.321 e. The first kappa shape index (κ1) is 15.6. The lowest BCUT2D eigenvalue weighted by molar-refractivity contribution is 0.127. The van der Waals surface area contributed by atoms with Gasteiger partial charge in [-0.05, 0) is 36.4 Å². The number of amides is 2. The van der Waals surface area contributed by atoms with E-state index in [0.717, 1.165) is 24.5 Å². The fourth-order valence-electron chi connectivity index (χ4n) is 2.74. The molecule has 1 saturated heterocycles. The average molecular weight is 314 g/mol. The zero-order valence-corrected chi connectivity index (χ0v) is 13.1. The van der Waals surface area contributed by atoms with Crippen LogP contribution in [0.25, 0.3) is 5.69 Å². The Bertz CT molecular complexity index is 617. The highest BCUT2D eigenvalue weighted by molar-refractivity contribution is 5.89. The quantitative estimate of drug-likeness (QED) is 0.901. The van der Waals surface area contributed by atoms with Crippen molar-refractivity contribution in [2.75, 3.05) is 44.6 Å². The highest BCUT2D eigenvalue weighted by Crippen LogP contribution is 2.14. The summed E-state index contributed by atoms with van der Waals surface area (Å²) in [5.41, 5.74) is 1.86. The largest absolute Gasteiger partial charge is 0.395 e. The van der Waals surface area contributed by atoms with Gasteiger partial charge in [0.15, 0.2) is 0 Å². The van der Waals surface area contributed by atoms with Crippen molar-refractivity contribution in [3.05, 3.63) is 48.8 Å². The van der Waals surface area contributed by atoms with Gasteiger partial charge in [0.2, 0.25) is 0 Å². The SMILES string of the molecule is O=C(Nc1ccc(-n2cccc2)cc1)N1CCN(CCO)CC1. The van der Waals surface area contributed by atoms with Gasteiger partial charge >= 0.3 is 6.03 Å². The summed E-state index contributed by atoms with van der Waals surface area (Å²) in [6.07, 6.45) is 3.97. The first-order valence-electron chi connectivity index (χ1n) is 7.89. The van der Waals surface area contributed by atoms with E-state index in [0.29, 0.717) is 19.6 Å². The third-order valence-electron chi connectivity index (χ3n) is 4.10. The maximum atomic E-state index is 12.3. The fraction of sp³-hybridized carbons (Fsp3) is 0.353. The van der Waals surface area contributed by atoms with Gasteiger partial charge in [-0.3, -0.25) is 4.90 Å². The number of nitrogens with zero attached hydrogens (tertiary/aromatic N) is 3. The van der Waals surface area contributed by atoms with Gasteiger partial charge in [-0.15, -0.1) is 0 Å². The average Bonchev–Trinajstić information content (AvgIpc) is 3.11. The fourth-order valence-corrected chi connectivity index (χ4v) is 2.74. The topological polar surface area (TPSA) is 60.7 Å². The van der Waals surface area contributed by atoms with Crippen molar-refractivity contribution in [1.82, 2.24) is 14.4 Å². The van der Waals surface area contributed by atoms with Crippen molar-refractivity contribution in [2.24, 2.45) is 0 Å². The van der Waals surface area contributed by atoms with Gasteiger partial charge in [0, 0.05) is 56.5 Å². The molecule has 1 aliphatic heterocycles. The molecule has 2 heterocycles. The van der Waals surface area contributed by atoms with Crippen LogP contribution < -0.4 is 5.32 Å². The normalized spacial score (nSPS) is 15.6. The molecule has 0 spiro atoms. The van der Waals surface area contributed by atoms with Crippen LogP contribution in [-0.4, -0.2) is 64.8 Å². The minimum absolute atomic E-state index is 0.0673. The first-order chi connectivity index (χ1) is 11.3. The van der Waals surface area contributed by atoms with E-state index in [9.17, 15) is 4.79 Å². The number of rotatable bonds is 4. The Morgan fingerprint density at radius 1 is 1.04 bits per heavy atom. The molecular formula is C17H22N4O2. The predicted octanol–water partition coefficient (Wildman–Crippen LogP) is 1.62. The molecule has 0 atom stereocenters. The first-order valence-corrected chi connectivity index (χ1v) is 7.89. The van der Waals surface area contributed by atoms with E-state index in [1.54, 1.807) is 0 Å². The lowest BCUT2D eigenvalue weighted by Gasteiger charge is -2.34. The summed E-state index contributed by atoms with van der Waals surface area (Å²) >= 11 is 0. The molecule has 2 N–H and O–H groups in total. The lowest BCUT2D eigenvalue weighted by atomic mass is 10.2. The third-order valence-corrected chi connectivity index (χ3v) is 4.10. The van der Waals surface area contributed by atoms with E-state index < -0.39 is 0 Å². The van der Waals surface area contributed by atoms with Crippen LogP contribution in [0.5, 0.6) is 0 Å². The van der Waals surface area contributed by atoms with Gasteiger partial charge in [-0.1, -0.05) is 0 Å². The summed E-state index contributed by atoms with van der Waals surface area (Å²) in [6.45, 7) is 3.83. The number of piperazine rings is 1. The highest BCUT2D eigenvalue weighted by Gasteiger charge is 2.20. The highest BCUT2D eigenvalue weighted by atomic mass is 16.3. The summed E-state index contributed by atoms with van der Waals surface area (Å²) in [7, 11) is 0. The van der Waals surface area contributed by atoms with E-state index >= 15 is 0 Å². The number of aromatic nitrogens is 1. The van der Waals surface area contributed by atoms with Crippen molar-refractivity contribution in [3.8, 4) is 5.69 Å². The van der Waals surface area contributed by atoms with E-state index in [4.69, 9.17) is 5.11 Å². The number of β-amino-alcohol motifs (C(OH)–C–C–N with tert-alkyl or cyclic N) is 1. The van der Waals surface area contributed by atoms with Crippen molar-refractivity contribution >= 4 is 11.7 Å². The number of benzene rings is 1. The summed E-state index contributed by atoms with van der Waals surface area (Å²) in [6, 6.07) is 11.7. The third kappa shape index (κ3) is 3.91. The monoisotopic (exact) mass is 314 g/mol. The van der Waals surface area contributed by atoms with Crippen LogP contribution >= 0.6 is 0 Å². The van der Waals surface area contributed by atoms with Gasteiger partial charge in [0.25, 0.3) is 0 Å². The molecule has 1 aliphatic rings. The van der Waals surface area contributed by atoms with Gasteiger partial charge in [0.05, 0.1) is 6.61 Å². The Morgan fingerprint density at radius 2 is 1.70 bits per heavy atom. The molecule has 122 valence electrons. The van der Waals surface area contributed by atoms with Crippen molar-refractivity contribution in [2.45, 2.75) is 0 Å². The standard InChI is InChI=1S/C17H22N4O2/c22-14-13-19-9-11-21(12-10-19)17(23)18-15-3-5-16(6-4-15)20-7-1-2-8-20/h1-8,22H,9-14H2,(H,18,23). The molecule has 0 saturated carbocycles. The summed E-state index contributed by atoms with van der Waals surface area (Å²) < 4.78 is 2.02. The summed E-state index contributed by atoms with van der Waals surface area (Å²) in [5.74, 6) is 0. The molecule has 23 heavy (non-hydrogen) atoms. The molecule has 2 aromatic rings. The van der Waals surface area contributed by atoms with Crippen LogP contribution in [0.2, 0.25) is 0 Å². The van der Waals surface area contributed by atoms with Crippen molar-refractivity contribution < 1.29 is 9.90 Å². The number of nitrogens with one attached hydrogen (secondary N) is 1. The second-order valence-corrected chi connectivity index (χ2v) is 5.62. The van der Waals surface area contributed by atoms with Crippen molar-refractivity contribution in [3.63, 3.8) is 0 Å². The minimum Gasteiger partial charge on any atom is -0.395 e. The Morgan fingerprint density at radius 3 is 2.30 bits per heavy atom. The number of aliphatic hydroxyl groups is 1. The van der Waals surface area contributed by atoms with Gasteiger partial charge in [-0.2, -0.15) is 0 Å². The number of hydrogen-bond donors (Lipinski definition) is 2. The Balaban J connectivity index is 1.54. The van der Waals surface area contributed by atoms with Gasteiger partial charge < -0.3 is 19.9 Å². The molecule has 0 radical (unpaired) electrons. The number of urea groups is 1. The molecule has 1 aromatic heterocycles. The van der Waals surface area contributed by atoms with Crippen LogP contribution in [0.15, 0.2) is 48.8 Å². The lowest BCUT2D eigenvalue weighted by Crippen LogP contribution is -2.50. The maximum Gasteiger partial charge on any atom is 0.321 e. The molecule has 1 fully saturated rings. The molecule has 0 unspecified atom stereocenters. The van der Waals surface area contributed by atoms with Crippen LogP contribution in [0, 0.1) is 0 Å². The van der Waals surface area contributed by atoms with E-state index in [1.165, 1.54) is 0 Å². The molecule has 2 amide bonds. The number of carbonyl (C=O) groups excluding carboxylic acids is 1. The number of anilines is 1. The van der Waals surface area contributed by atoms with Crippen molar-refractivity contribution in [1.29, 1.82) is 0 Å². The van der Waals surface area contributed by atoms with E-state index in [2.05, 4.69) is 10.2 Å². The molecule has 0 bridgehead atoms. The van der Waals surface area contributed by atoms with Gasteiger partial charge in [-0.25, -0.2) is 4.79 Å². The van der Waals surface area contributed by atoms with Crippen LogP contribution in [0.1, 0.15) is 0 Å². The summed E-state index contributed by atoms with van der Waals surface area (Å²) in [5, 5.41) is 11.9. The summed E-state index contributed by atoms with van der Waals surface area (Å²) in [4.78, 5) is 16.3. The number of hydrogen-bond acceptors (Lipinski definition) is 3. The van der Waals surface area contributed by atoms with Crippen LogP contribution in [-0.2, 0) is 0 Å².